The molecule has 1 aliphatic rings. The van der Waals surface area contributed by atoms with Gasteiger partial charge in [0.25, 0.3) is 5.78 Å². The number of aryl methyl sites for hydroxylation is 2. The number of Topliss-reactive ketones (excluding diaryl/α,β-unsaturated/α-hetero) is 1. The summed E-state index contributed by atoms with van der Waals surface area (Å²) >= 11 is 7.46. The number of fused-ring (bicyclic) bond motifs is 1. The maximum absolute atomic E-state index is 13.7. The highest BCUT2D eigenvalue weighted by atomic mass is 35.5. The first-order chi connectivity index (χ1) is 19.7. The van der Waals surface area contributed by atoms with Crippen molar-refractivity contribution in [3.8, 4) is 11.5 Å². The first kappa shape index (κ1) is 28.6. The summed E-state index contributed by atoms with van der Waals surface area (Å²) in [4.78, 5) is 33.4. The predicted octanol–water partition coefficient (Wildman–Crippen LogP) is 7.77. The molecule has 3 aromatic carbocycles. The zero-order valence-corrected chi connectivity index (χ0v) is 24.9. The molecule has 1 aromatic heterocycles. The Morgan fingerprint density at radius 2 is 1.85 bits per heavy atom. The van der Waals surface area contributed by atoms with Gasteiger partial charge in [-0.2, -0.15) is 0 Å². The number of benzene rings is 3. The number of aromatic nitrogens is 1. The molecular weight excluding hydrogens is 560 g/mol. The number of thiazole rings is 1. The van der Waals surface area contributed by atoms with Gasteiger partial charge in [0.05, 0.1) is 35.5 Å². The first-order valence-corrected chi connectivity index (χ1v) is 14.7. The standard InChI is InChI=1S/C32H31ClN2O5S/c1-5-6-7-14-40-24-13-10-20(16-25(24)39-4)28-27(29(36)22-15-18(2)8-9-19(22)3)30(37)31(38)35(28)32-34-23-12-11-21(33)17-26(23)41-32/h8-13,15-17,28,36H,5-7,14H2,1-4H3/b29-27+. The number of ether oxygens (including phenoxy) is 2. The molecule has 0 aliphatic carbocycles. The van der Waals surface area contributed by atoms with Crippen molar-refractivity contribution in [1.82, 2.24) is 4.98 Å². The van der Waals surface area contributed by atoms with Crippen molar-refractivity contribution in [1.29, 1.82) is 0 Å². The maximum atomic E-state index is 13.7. The third-order valence-corrected chi connectivity index (χ3v) is 8.40. The molecule has 1 N–H and O–H groups in total. The molecule has 7 nitrogen and oxygen atoms in total. The van der Waals surface area contributed by atoms with Crippen LogP contribution in [0.15, 0.2) is 60.2 Å². The van der Waals surface area contributed by atoms with Crippen molar-refractivity contribution in [3.63, 3.8) is 0 Å². The summed E-state index contributed by atoms with van der Waals surface area (Å²) in [5.74, 6) is -0.767. The van der Waals surface area contributed by atoms with Crippen molar-refractivity contribution in [2.75, 3.05) is 18.6 Å². The van der Waals surface area contributed by atoms with Crippen molar-refractivity contribution in [2.45, 2.75) is 46.1 Å². The molecule has 9 heteroatoms. The van der Waals surface area contributed by atoms with Crippen LogP contribution in [0.25, 0.3) is 16.0 Å². The van der Waals surface area contributed by atoms with Crippen LogP contribution >= 0.6 is 22.9 Å². The highest BCUT2D eigenvalue weighted by Crippen LogP contribution is 2.46. The number of ketones is 1. The Morgan fingerprint density at radius 1 is 1.05 bits per heavy atom. The zero-order chi connectivity index (χ0) is 29.3. The predicted molar refractivity (Wildman–Crippen MR) is 163 cm³/mol. The number of rotatable bonds is 9. The highest BCUT2D eigenvalue weighted by Gasteiger charge is 2.48. The van der Waals surface area contributed by atoms with Crippen LogP contribution < -0.4 is 14.4 Å². The van der Waals surface area contributed by atoms with Crippen molar-refractivity contribution in [3.05, 3.63) is 87.4 Å². The van der Waals surface area contributed by atoms with Gasteiger partial charge in [0.1, 0.15) is 5.76 Å². The topological polar surface area (TPSA) is 89.0 Å². The lowest BCUT2D eigenvalue weighted by molar-refractivity contribution is -0.132. The Kier molecular flexibility index (Phi) is 8.33. The minimum absolute atomic E-state index is 0.0142. The smallest absolute Gasteiger partial charge is 0.301 e. The van der Waals surface area contributed by atoms with Crippen LogP contribution in [-0.4, -0.2) is 35.5 Å². The van der Waals surface area contributed by atoms with E-state index in [9.17, 15) is 14.7 Å². The fourth-order valence-electron chi connectivity index (χ4n) is 4.98. The maximum Gasteiger partial charge on any atom is 0.301 e. The summed E-state index contributed by atoms with van der Waals surface area (Å²) < 4.78 is 12.4. The lowest BCUT2D eigenvalue weighted by Gasteiger charge is -2.24. The van der Waals surface area contributed by atoms with Gasteiger partial charge in [0, 0.05) is 10.6 Å². The number of unbranched alkanes of at least 4 members (excludes halogenated alkanes) is 2. The Morgan fingerprint density at radius 3 is 2.61 bits per heavy atom. The van der Waals surface area contributed by atoms with Gasteiger partial charge in [-0.05, 0) is 67.8 Å². The van der Waals surface area contributed by atoms with Crippen molar-refractivity contribution >= 4 is 55.7 Å². The summed E-state index contributed by atoms with van der Waals surface area (Å²) in [6.07, 6.45) is 3.05. The van der Waals surface area contributed by atoms with Crippen LogP contribution in [-0.2, 0) is 9.59 Å². The van der Waals surface area contributed by atoms with Crippen LogP contribution in [0.2, 0.25) is 5.02 Å². The minimum atomic E-state index is -0.950. The van der Waals surface area contributed by atoms with Gasteiger partial charge in [-0.3, -0.25) is 14.5 Å². The third-order valence-electron chi connectivity index (χ3n) is 7.15. The fourth-order valence-corrected chi connectivity index (χ4v) is 6.25. The van der Waals surface area contributed by atoms with Gasteiger partial charge in [0.2, 0.25) is 0 Å². The van der Waals surface area contributed by atoms with E-state index in [1.54, 1.807) is 43.5 Å². The van der Waals surface area contributed by atoms with Gasteiger partial charge in [-0.15, -0.1) is 0 Å². The number of hydrogen-bond donors (Lipinski definition) is 1. The number of carbonyl (C=O) groups excluding carboxylic acids is 2. The van der Waals surface area contributed by atoms with Gasteiger partial charge >= 0.3 is 5.91 Å². The molecule has 2 heterocycles. The van der Waals surface area contributed by atoms with Crippen LogP contribution in [0.5, 0.6) is 11.5 Å². The molecule has 41 heavy (non-hydrogen) atoms. The second-order valence-corrected chi connectivity index (χ2v) is 11.5. The van der Waals surface area contributed by atoms with Crippen LogP contribution in [0.3, 0.4) is 0 Å². The van der Waals surface area contributed by atoms with E-state index in [1.807, 2.05) is 32.0 Å². The Labute approximate surface area is 248 Å². The summed E-state index contributed by atoms with van der Waals surface area (Å²) in [5.41, 5.74) is 3.40. The molecule has 0 spiro atoms. The van der Waals surface area contributed by atoms with E-state index in [4.69, 9.17) is 21.1 Å². The number of aliphatic hydroxyl groups is 1. The number of anilines is 1. The van der Waals surface area contributed by atoms with E-state index in [0.717, 1.165) is 35.1 Å². The average molecular weight is 591 g/mol. The number of carbonyl (C=O) groups is 2. The van der Waals surface area contributed by atoms with Crippen molar-refractivity contribution < 1.29 is 24.2 Å². The molecule has 1 aliphatic heterocycles. The van der Waals surface area contributed by atoms with Gasteiger partial charge in [-0.25, -0.2) is 4.98 Å². The number of halogens is 1. The van der Waals surface area contributed by atoms with E-state index in [2.05, 4.69) is 11.9 Å². The van der Waals surface area contributed by atoms with Gasteiger partial charge in [0.15, 0.2) is 16.6 Å². The quantitative estimate of drug-likeness (QED) is 0.0927. The lowest BCUT2D eigenvalue weighted by Crippen LogP contribution is -2.29. The van der Waals surface area contributed by atoms with Gasteiger partial charge < -0.3 is 14.6 Å². The second kappa shape index (κ2) is 11.9. The van der Waals surface area contributed by atoms with Crippen LogP contribution in [0, 0.1) is 13.8 Å². The molecule has 0 bridgehead atoms. The van der Waals surface area contributed by atoms with Crippen LogP contribution in [0.1, 0.15) is 54.5 Å². The molecule has 1 unspecified atom stereocenters. The summed E-state index contributed by atoms with van der Waals surface area (Å²) in [5, 5.41) is 12.5. The molecule has 1 fully saturated rings. The number of hydrogen-bond acceptors (Lipinski definition) is 7. The molecule has 1 amide bonds. The fraction of sp³-hybridized carbons (Fsp3) is 0.281. The van der Waals surface area contributed by atoms with Crippen molar-refractivity contribution in [2.24, 2.45) is 0 Å². The molecule has 0 saturated carbocycles. The summed E-state index contributed by atoms with van der Waals surface area (Å²) in [6, 6.07) is 15.2. The Balaban J connectivity index is 1.68. The second-order valence-electron chi connectivity index (χ2n) is 10.1. The number of nitrogens with zero attached hydrogens (tertiary/aromatic N) is 2. The number of methoxy groups -OCH3 is 1. The largest absolute Gasteiger partial charge is 0.507 e. The number of aliphatic hydroxyl groups excluding tert-OH is 1. The third kappa shape index (κ3) is 5.54. The molecular formula is C32H31ClN2O5S. The molecule has 1 saturated heterocycles. The van der Waals surface area contributed by atoms with E-state index in [1.165, 1.54) is 16.2 Å². The molecule has 5 rings (SSSR count). The lowest BCUT2D eigenvalue weighted by atomic mass is 9.93. The minimum Gasteiger partial charge on any atom is -0.507 e. The number of amides is 1. The highest BCUT2D eigenvalue weighted by molar-refractivity contribution is 7.22. The molecule has 212 valence electrons. The Hall–Kier alpha value is -3.88. The Bertz CT molecular complexity index is 1680. The SMILES string of the molecule is CCCCCOc1ccc(C2/C(=C(\O)c3cc(C)ccc3C)C(=O)C(=O)N2c2nc3ccc(Cl)cc3s2)cc1OC. The van der Waals surface area contributed by atoms with Crippen LogP contribution in [0.4, 0.5) is 5.13 Å². The van der Waals surface area contributed by atoms with E-state index in [-0.39, 0.29) is 11.3 Å². The van der Waals surface area contributed by atoms with E-state index < -0.39 is 17.7 Å². The summed E-state index contributed by atoms with van der Waals surface area (Å²) in [7, 11) is 1.54. The zero-order valence-electron chi connectivity index (χ0n) is 23.4. The van der Waals surface area contributed by atoms with E-state index >= 15 is 0 Å². The normalized spacial score (nSPS) is 16.5. The van der Waals surface area contributed by atoms with Gasteiger partial charge in [-0.1, -0.05) is 66.5 Å². The molecule has 1 atom stereocenters. The molecule has 4 aromatic rings. The average Bonchev–Trinajstić information content (AvgIpc) is 3.49. The molecule has 0 radical (unpaired) electrons. The first-order valence-electron chi connectivity index (χ1n) is 13.5. The monoisotopic (exact) mass is 590 g/mol. The summed E-state index contributed by atoms with van der Waals surface area (Å²) in [6.45, 7) is 6.43. The van der Waals surface area contributed by atoms with E-state index in [0.29, 0.717) is 44.9 Å².